The molecule has 0 amide bonds. The molecule has 8 heteroatoms. The van der Waals surface area contributed by atoms with Crippen LogP contribution in [-0.2, 0) is 28.6 Å². The minimum atomic E-state index is -1.50. The molecule has 35 heavy (non-hydrogen) atoms. The second-order valence-corrected chi connectivity index (χ2v) is 11.7. The largest absolute Gasteiger partial charge is 0.472 e. The average molecular weight is 487 g/mol. The van der Waals surface area contributed by atoms with Gasteiger partial charge in [-0.1, -0.05) is 34.3 Å². The fourth-order valence-corrected chi connectivity index (χ4v) is 8.08. The maximum Gasteiger partial charge on any atom is 0.335 e. The van der Waals surface area contributed by atoms with Crippen LogP contribution >= 0.6 is 0 Å². The zero-order chi connectivity index (χ0) is 25.6. The molecule has 1 spiro atoms. The van der Waals surface area contributed by atoms with Crippen LogP contribution in [0.25, 0.3) is 0 Å². The van der Waals surface area contributed by atoms with E-state index < -0.39 is 58.0 Å². The first-order valence-corrected chi connectivity index (χ1v) is 12.2. The predicted octanol–water partition coefficient (Wildman–Crippen LogP) is 3.53. The molecular weight excluding hydrogens is 452 g/mol. The van der Waals surface area contributed by atoms with Crippen LogP contribution in [0.3, 0.4) is 0 Å². The van der Waals surface area contributed by atoms with Crippen molar-refractivity contribution in [1.29, 1.82) is 0 Å². The third-order valence-corrected chi connectivity index (χ3v) is 9.96. The maximum atomic E-state index is 13.4. The van der Waals surface area contributed by atoms with E-state index in [0.717, 1.165) is 11.1 Å². The van der Waals surface area contributed by atoms with Crippen LogP contribution < -0.4 is 0 Å². The highest BCUT2D eigenvalue weighted by Gasteiger charge is 2.74. The van der Waals surface area contributed by atoms with E-state index in [1.807, 2.05) is 6.92 Å². The average Bonchev–Trinajstić information content (AvgIpc) is 3.32. The molecule has 2 saturated heterocycles. The fourth-order valence-electron chi connectivity index (χ4n) is 8.08. The minimum Gasteiger partial charge on any atom is -0.472 e. The predicted molar refractivity (Wildman–Crippen MR) is 123 cm³/mol. The number of cyclic esters (lactones) is 1. The number of carbonyl (C=O) groups is 3. The van der Waals surface area contributed by atoms with Gasteiger partial charge in [0.05, 0.1) is 32.2 Å². The van der Waals surface area contributed by atoms with E-state index in [4.69, 9.17) is 18.6 Å². The summed E-state index contributed by atoms with van der Waals surface area (Å²) < 4.78 is 23.0. The lowest BCUT2D eigenvalue weighted by atomic mass is 9.41. The van der Waals surface area contributed by atoms with Gasteiger partial charge in [-0.05, 0) is 30.4 Å². The highest BCUT2D eigenvalue weighted by atomic mass is 16.6. The number of furan rings is 1. The SMILES string of the molecule is C=C1[C@@H]2CC[C@@]3(C)[C@H](c4ccoc4)OC(=O)C[C@]13O[C@H]1CC(=O)C(C)(C)[C@H]([C@@H](O)C(=O)OC)[C@]12C. The van der Waals surface area contributed by atoms with Gasteiger partial charge >= 0.3 is 11.9 Å². The van der Waals surface area contributed by atoms with E-state index in [2.05, 4.69) is 13.5 Å². The Balaban J connectivity index is 1.65. The van der Waals surface area contributed by atoms with E-state index in [0.29, 0.717) is 12.8 Å². The highest BCUT2D eigenvalue weighted by Crippen LogP contribution is 2.71. The van der Waals surface area contributed by atoms with Crippen molar-refractivity contribution in [2.24, 2.45) is 28.1 Å². The van der Waals surface area contributed by atoms with Crippen molar-refractivity contribution in [3.05, 3.63) is 36.3 Å². The van der Waals surface area contributed by atoms with Gasteiger partial charge in [-0.3, -0.25) is 9.59 Å². The Labute approximate surface area is 205 Å². The van der Waals surface area contributed by atoms with Gasteiger partial charge in [0.15, 0.2) is 6.10 Å². The van der Waals surface area contributed by atoms with Crippen molar-refractivity contribution in [3.63, 3.8) is 0 Å². The zero-order valence-corrected chi connectivity index (χ0v) is 21.0. The van der Waals surface area contributed by atoms with Gasteiger partial charge in [-0.15, -0.1) is 0 Å². The Morgan fingerprint density at radius 1 is 1.26 bits per heavy atom. The molecule has 2 saturated carbocycles. The minimum absolute atomic E-state index is 0.00156. The fraction of sp³-hybridized carbons (Fsp3) is 0.667. The van der Waals surface area contributed by atoms with Crippen LogP contribution in [0.5, 0.6) is 0 Å². The molecule has 8 atom stereocenters. The van der Waals surface area contributed by atoms with E-state index >= 15 is 0 Å². The van der Waals surface area contributed by atoms with Gasteiger partial charge in [0.25, 0.3) is 0 Å². The van der Waals surface area contributed by atoms with E-state index in [9.17, 15) is 19.5 Å². The van der Waals surface area contributed by atoms with Crippen LogP contribution in [0.15, 0.2) is 35.2 Å². The number of hydrogen-bond donors (Lipinski definition) is 1. The second kappa shape index (κ2) is 7.53. The first-order chi connectivity index (χ1) is 16.3. The molecule has 2 aliphatic carbocycles. The monoisotopic (exact) mass is 486 g/mol. The zero-order valence-electron chi connectivity index (χ0n) is 21.0. The Hall–Kier alpha value is -2.45. The molecule has 5 rings (SSSR count). The lowest BCUT2D eigenvalue weighted by molar-refractivity contribution is -0.303. The van der Waals surface area contributed by atoms with Crippen molar-refractivity contribution in [1.82, 2.24) is 0 Å². The second-order valence-electron chi connectivity index (χ2n) is 11.7. The van der Waals surface area contributed by atoms with E-state index in [-0.39, 0.29) is 24.5 Å². The standard InChI is InChI=1S/C27H34O8/c1-14-16-7-9-25(4)22(15-8-10-33-13-15)34-19(29)12-27(14,25)35-18-11-17(28)24(2,3)21(26(16,18)5)20(30)23(31)32-6/h8,10,13,16,18,20-22,30H,1,7,9,11-12H2,2-6H3/t16-,18-,20+,21-,22-,25-,26-,27-/m0/s1. The third kappa shape index (κ3) is 2.90. The number of esters is 2. The molecule has 2 aliphatic heterocycles. The van der Waals surface area contributed by atoms with E-state index in [1.54, 1.807) is 32.4 Å². The summed E-state index contributed by atoms with van der Waals surface area (Å²) in [7, 11) is 1.23. The molecule has 0 aromatic carbocycles. The molecule has 1 aromatic heterocycles. The smallest absolute Gasteiger partial charge is 0.335 e. The number of Topliss-reactive ketones (excluding diaryl/α,β-unsaturated/α-hetero) is 1. The quantitative estimate of drug-likeness (QED) is 0.510. The van der Waals surface area contributed by atoms with Crippen LogP contribution in [-0.4, -0.2) is 47.7 Å². The Morgan fingerprint density at radius 3 is 2.60 bits per heavy atom. The normalized spacial score (nSPS) is 43.0. The summed E-state index contributed by atoms with van der Waals surface area (Å²) in [6, 6.07) is 1.79. The Bertz CT molecular complexity index is 1090. The molecule has 1 N–H and O–H groups in total. The number of hydrogen-bond acceptors (Lipinski definition) is 8. The summed E-state index contributed by atoms with van der Waals surface area (Å²) in [5.41, 5.74) is -1.92. The number of fused-ring (bicyclic) bond motifs is 3. The summed E-state index contributed by atoms with van der Waals surface area (Å²) in [5, 5.41) is 11.2. The lowest BCUT2D eigenvalue weighted by Gasteiger charge is -2.70. The van der Waals surface area contributed by atoms with Gasteiger partial charge in [0.1, 0.15) is 17.5 Å². The number of carbonyl (C=O) groups excluding carboxylic acids is 3. The van der Waals surface area contributed by atoms with Crippen molar-refractivity contribution in [3.8, 4) is 0 Å². The van der Waals surface area contributed by atoms with Gasteiger partial charge < -0.3 is 23.7 Å². The first-order valence-electron chi connectivity index (χ1n) is 12.2. The number of aliphatic hydroxyl groups excluding tert-OH is 1. The molecule has 3 heterocycles. The number of ketones is 1. The molecule has 1 aromatic rings. The number of methoxy groups -OCH3 is 1. The number of aliphatic hydroxyl groups is 1. The summed E-state index contributed by atoms with van der Waals surface area (Å²) in [6.07, 6.45) is 1.91. The first kappa shape index (κ1) is 24.3. The van der Waals surface area contributed by atoms with Gasteiger partial charge in [-0.25, -0.2) is 4.79 Å². The van der Waals surface area contributed by atoms with E-state index in [1.165, 1.54) is 7.11 Å². The van der Waals surface area contributed by atoms with Crippen molar-refractivity contribution < 1.29 is 38.1 Å². The molecule has 0 radical (unpaired) electrons. The Kier molecular flexibility index (Phi) is 5.22. The Morgan fingerprint density at radius 2 is 1.97 bits per heavy atom. The molecule has 2 bridgehead atoms. The molecule has 8 nitrogen and oxygen atoms in total. The van der Waals surface area contributed by atoms with Gasteiger partial charge in [0.2, 0.25) is 0 Å². The van der Waals surface area contributed by atoms with Crippen LogP contribution in [0.1, 0.15) is 65.0 Å². The summed E-state index contributed by atoms with van der Waals surface area (Å²) in [4.78, 5) is 39.0. The molecular formula is C27H34O8. The summed E-state index contributed by atoms with van der Waals surface area (Å²) >= 11 is 0. The number of ether oxygens (including phenoxy) is 3. The maximum absolute atomic E-state index is 13.4. The third-order valence-electron chi connectivity index (χ3n) is 9.96. The van der Waals surface area contributed by atoms with Gasteiger partial charge in [0, 0.05) is 34.1 Å². The van der Waals surface area contributed by atoms with Crippen LogP contribution in [0.2, 0.25) is 0 Å². The number of rotatable bonds is 3. The summed E-state index contributed by atoms with van der Waals surface area (Å²) in [6.45, 7) is 12.1. The summed E-state index contributed by atoms with van der Waals surface area (Å²) in [5.74, 6) is -2.20. The molecule has 4 aliphatic rings. The topological polar surface area (TPSA) is 112 Å². The van der Waals surface area contributed by atoms with Crippen LogP contribution in [0, 0.1) is 28.1 Å². The molecule has 0 unspecified atom stereocenters. The van der Waals surface area contributed by atoms with Crippen molar-refractivity contribution in [2.75, 3.05) is 7.11 Å². The molecule has 4 fully saturated rings. The lowest BCUT2D eigenvalue weighted by Crippen LogP contribution is -2.74. The van der Waals surface area contributed by atoms with Gasteiger partial charge in [-0.2, -0.15) is 0 Å². The highest BCUT2D eigenvalue weighted by molar-refractivity contribution is 5.88. The van der Waals surface area contributed by atoms with Crippen molar-refractivity contribution in [2.45, 2.75) is 77.3 Å². The van der Waals surface area contributed by atoms with Crippen LogP contribution in [0.4, 0.5) is 0 Å². The van der Waals surface area contributed by atoms with Crippen molar-refractivity contribution >= 4 is 17.7 Å². The molecule has 190 valence electrons.